The number of hydrogen-bond acceptors (Lipinski definition) is 4. The third-order valence-electron chi connectivity index (χ3n) is 3.47. The molecule has 2 heterocycles. The van der Waals surface area contributed by atoms with Crippen LogP contribution < -0.4 is 0 Å². The lowest BCUT2D eigenvalue weighted by Gasteiger charge is -2.19. The quantitative estimate of drug-likeness (QED) is 0.831. The van der Waals surface area contributed by atoms with E-state index in [4.69, 9.17) is 0 Å². The van der Waals surface area contributed by atoms with E-state index in [9.17, 15) is 8.42 Å². The maximum Gasteiger partial charge on any atom is 0.151 e. The zero-order chi connectivity index (χ0) is 14.0. The highest BCUT2D eigenvalue weighted by molar-refractivity contribution is 9.10. The van der Waals surface area contributed by atoms with Crippen molar-refractivity contribution in [3.05, 3.63) is 15.9 Å². The Labute approximate surface area is 123 Å². The summed E-state index contributed by atoms with van der Waals surface area (Å²) < 4.78 is 26.2. The minimum Gasteiger partial charge on any atom is -0.296 e. The Balaban J connectivity index is 2.13. The second kappa shape index (κ2) is 5.93. The van der Waals surface area contributed by atoms with Crippen LogP contribution in [0.2, 0.25) is 0 Å². The van der Waals surface area contributed by atoms with Crippen LogP contribution in [0.4, 0.5) is 0 Å². The normalized spacial score (nSPS) is 20.4. The van der Waals surface area contributed by atoms with E-state index in [1.54, 1.807) is 0 Å². The molecule has 0 spiro atoms. The summed E-state index contributed by atoms with van der Waals surface area (Å²) in [6.45, 7) is 7.07. The summed E-state index contributed by atoms with van der Waals surface area (Å²) in [6, 6.07) is 0. The number of aryl methyl sites for hydroxylation is 2. The van der Waals surface area contributed by atoms with E-state index in [1.165, 1.54) is 0 Å². The standard InChI is InChI=1S/C12H20BrN3O2S/c1-3-16-11(12(13)10(2)14-16)9-15-5-4-7-19(17,18)8-6-15/h3-9H2,1-2H3. The summed E-state index contributed by atoms with van der Waals surface area (Å²) in [7, 11) is -2.84. The second-order valence-corrected chi connectivity index (χ2v) is 8.04. The molecule has 0 aliphatic carbocycles. The monoisotopic (exact) mass is 349 g/mol. The van der Waals surface area contributed by atoms with Gasteiger partial charge >= 0.3 is 0 Å². The third-order valence-corrected chi connectivity index (χ3v) is 6.22. The van der Waals surface area contributed by atoms with Gasteiger partial charge in [0.25, 0.3) is 0 Å². The highest BCUT2D eigenvalue weighted by Crippen LogP contribution is 2.23. The summed E-state index contributed by atoms with van der Waals surface area (Å²) in [4.78, 5) is 2.21. The smallest absolute Gasteiger partial charge is 0.151 e. The summed E-state index contributed by atoms with van der Waals surface area (Å²) in [5.41, 5.74) is 2.12. The van der Waals surface area contributed by atoms with Crippen LogP contribution in [0.25, 0.3) is 0 Å². The molecule has 1 aliphatic heterocycles. The van der Waals surface area contributed by atoms with E-state index in [1.807, 2.05) is 11.6 Å². The predicted molar refractivity (Wildman–Crippen MR) is 78.9 cm³/mol. The van der Waals surface area contributed by atoms with Crippen molar-refractivity contribution < 1.29 is 8.42 Å². The molecule has 108 valence electrons. The molecule has 0 aromatic carbocycles. The fourth-order valence-corrected chi connectivity index (χ4v) is 4.10. The lowest BCUT2D eigenvalue weighted by Crippen LogP contribution is -2.28. The van der Waals surface area contributed by atoms with E-state index in [0.29, 0.717) is 12.3 Å². The number of sulfone groups is 1. The average molecular weight is 350 g/mol. The molecule has 5 nitrogen and oxygen atoms in total. The van der Waals surface area contributed by atoms with E-state index in [0.717, 1.165) is 41.9 Å². The van der Waals surface area contributed by atoms with Gasteiger partial charge in [-0.25, -0.2) is 8.42 Å². The van der Waals surface area contributed by atoms with Crippen molar-refractivity contribution in [3.63, 3.8) is 0 Å². The first kappa shape index (κ1) is 15.0. The van der Waals surface area contributed by atoms with Gasteiger partial charge in [-0.05, 0) is 42.7 Å². The van der Waals surface area contributed by atoms with Crippen LogP contribution in [0.1, 0.15) is 24.7 Å². The van der Waals surface area contributed by atoms with Gasteiger partial charge in [-0.2, -0.15) is 5.10 Å². The lowest BCUT2D eigenvalue weighted by molar-refractivity contribution is 0.277. The number of halogens is 1. The Morgan fingerprint density at radius 3 is 2.74 bits per heavy atom. The van der Waals surface area contributed by atoms with Gasteiger partial charge in [0.1, 0.15) is 0 Å². The molecule has 19 heavy (non-hydrogen) atoms. The summed E-state index contributed by atoms with van der Waals surface area (Å²) in [5.74, 6) is 0.584. The fraction of sp³-hybridized carbons (Fsp3) is 0.750. The molecule has 1 fully saturated rings. The molecule has 0 unspecified atom stereocenters. The molecule has 2 rings (SSSR count). The minimum atomic E-state index is -2.84. The first-order chi connectivity index (χ1) is 8.93. The van der Waals surface area contributed by atoms with Crippen molar-refractivity contribution in [2.75, 3.05) is 24.6 Å². The minimum absolute atomic E-state index is 0.268. The van der Waals surface area contributed by atoms with Crippen molar-refractivity contribution in [1.29, 1.82) is 0 Å². The number of rotatable bonds is 3. The zero-order valence-electron chi connectivity index (χ0n) is 11.4. The maximum absolute atomic E-state index is 11.6. The Hall–Kier alpha value is -0.400. The van der Waals surface area contributed by atoms with E-state index in [2.05, 4.69) is 32.9 Å². The molecule has 0 radical (unpaired) electrons. The first-order valence-electron chi connectivity index (χ1n) is 6.57. The fourth-order valence-electron chi connectivity index (χ4n) is 2.38. The van der Waals surface area contributed by atoms with Crippen LogP contribution in [0.15, 0.2) is 4.47 Å². The van der Waals surface area contributed by atoms with Crippen LogP contribution in [-0.2, 0) is 22.9 Å². The van der Waals surface area contributed by atoms with E-state index >= 15 is 0 Å². The molecule has 0 bridgehead atoms. The van der Waals surface area contributed by atoms with Crippen molar-refractivity contribution >= 4 is 25.8 Å². The van der Waals surface area contributed by atoms with Gasteiger partial charge in [-0.15, -0.1) is 0 Å². The van der Waals surface area contributed by atoms with Gasteiger partial charge in [0.15, 0.2) is 9.84 Å². The topological polar surface area (TPSA) is 55.2 Å². The van der Waals surface area contributed by atoms with Crippen molar-refractivity contribution in [1.82, 2.24) is 14.7 Å². The highest BCUT2D eigenvalue weighted by Gasteiger charge is 2.21. The van der Waals surface area contributed by atoms with Gasteiger partial charge in [-0.1, -0.05) is 0 Å². The number of aromatic nitrogens is 2. The van der Waals surface area contributed by atoms with Crippen LogP contribution in [0.3, 0.4) is 0 Å². The molecule has 1 aliphatic rings. The van der Waals surface area contributed by atoms with Crippen molar-refractivity contribution in [3.8, 4) is 0 Å². The molecular weight excluding hydrogens is 330 g/mol. The lowest BCUT2D eigenvalue weighted by atomic mass is 10.3. The molecule has 7 heteroatoms. The molecule has 0 atom stereocenters. The molecule has 1 saturated heterocycles. The van der Waals surface area contributed by atoms with Gasteiger partial charge in [0, 0.05) is 19.6 Å². The van der Waals surface area contributed by atoms with Gasteiger partial charge in [0.05, 0.1) is 27.4 Å². The van der Waals surface area contributed by atoms with Gasteiger partial charge in [-0.3, -0.25) is 9.58 Å². The first-order valence-corrected chi connectivity index (χ1v) is 9.19. The van der Waals surface area contributed by atoms with Crippen molar-refractivity contribution in [2.24, 2.45) is 0 Å². The Bertz CT molecular complexity index is 554. The van der Waals surface area contributed by atoms with Gasteiger partial charge < -0.3 is 0 Å². The third kappa shape index (κ3) is 3.58. The molecule has 1 aromatic rings. The van der Waals surface area contributed by atoms with E-state index in [-0.39, 0.29) is 5.75 Å². The van der Waals surface area contributed by atoms with Crippen LogP contribution in [0.5, 0.6) is 0 Å². The number of hydrogen-bond donors (Lipinski definition) is 0. The van der Waals surface area contributed by atoms with Gasteiger partial charge in [0.2, 0.25) is 0 Å². The summed E-state index contributed by atoms with van der Waals surface area (Å²) in [5, 5.41) is 4.47. The zero-order valence-corrected chi connectivity index (χ0v) is 13.8. The average Bonchev–Trinajstić information content (AvgIpc) is 2.52. The summed E-state index contributed by atoms with van der Waals surface area (Å²) >= 11 is 3.58. The Morgan fingerprint density at radius 2 is 2.05 bits per heavy atom. The molecule has 0 N–H and O–H groups in total. The van der Waals surface area contributed by atoms with Crippen molar-refractivity contribution in [2.45, 2.75) is 33.4 Å². The maximum atomic E-state index is 11.6. The summed E-state index contributed by atoms with van der Waals surface area (Å²) in [6.07, 6.45) is 0.721. The van der Waals surface area contributed by atoms with Crippen LogP contribution in [0, 0.1) is 6.92 Å². The molecular formula is C12H20BrN3O2S. The van der Waals surface area contributed by atoms with E-state index < -0.39 is 9.84 Å². The highest BCUT2D eigenvalue weighted by atomic mass is 79.9. The van der Waals surface area contributed by atoms with Crippen LogP contribution in [-0.4, -0.2) is 47.7 Å². The van der Waals surface area contributed by atoms with Crippen LogP contribution >= 0.6 is 15.9 Å². The SMILES string of the molecule is CCn1nc(C)c(Br)c1CN1CCCS(=O)(=O)CC1. The molecule has 1 aromatic heterocycles. The Morgan fingerprint density at radius 1 is 1.32 bits per heavy atom. The number of nitrogens with zero attached hydrogens (tertiary/aromatic N) is 3. The Kier molecular flexibility index (Phi) is 4.68. The molecule has 0 saturated carbocycles. The largest absolute Gasteiger partial charge is 0.296 e. The predicted octanol–water partition coefficient (Wildman–Crippen LogP) is 1.59. The molecule has 0 amide bonds. The second-order valence-electron chi connectivity index (χ2n) is 4.94.